The normalized spacial score (nSPS) is 13.7. The second-order valence-corrected chi connectivity index (χ2v) is 15.6. The van der Waals surface area contributed by atoms with E-state index in [0.717, 1.165) is 5.56 Å². The van der Waals surface area contributed by atoms with Crippen molar-refractivity contribution < 1.29 is 38.7 Å². The Kier molecular flexibility index (Phi) is 20.5. The molecule has 0 saturated heterocycles. The summed E-state index contributed by atoms with van der Waals surface area (Å²) in [6.07, 6.45) is 0.728. The van der Waals surface area contributed by atoms with Crippen molar-refractivity contribution in [2.75, 3.05) is 13.1 Å². The van der Waals surface area contributed by atoms with E-state index >= 15 is 0 Å². The molecule has 15 N–H and O–H groups in total. The van der Waals surface area contributed by atoms with Gasteiger partial charge in [0.1, 0.15) is 36.0 Å². The highest BCUT2D eigenvalue weighted by molar-refractivity contribution is 5.96. The van der Waals surface area contributed by atoms with E-state index in [2.05, 4.69) is 36.9 Å². The number of aromatic hydroxyl groups is 1. The second kappa shape index (κ2) is 25.7. The van der Waals surface area contributed by atoms with Gasteiger partial charge in [0, 0.05) is 19.4 Å². The van der Waals surface area contributed by atoms with Crippen molar-refractivity contribution in [1.29, 1.82) is 0 Å². The van der Waals surface area contributed by atoms with Crippen LogP contribution >= 0.6 is 0 Å². The minimum absolute atomic E-state index is 0.0134. The highest BCUT2D eigenvalue weighted by atomic mass is 16.3. The van der Waals surface area contributed by atoms with E-state index in [-0.39, 0.29) is 62.7 Å². The Balaban J connectivity index is 1.72. The molecule has 0 saturated carbocycles. The standard InChI is InChI=1S/C44H61N11O8/c1-26(2)21-35(42(62)53-33(15-10-20-49-44(47)48)41(61)54-34(38(46)58)23-28-11-6-4-7-12-28)55-43(63)36(24-29-13-8-5-9-14-29)52-37(57)25-50-39(59)27(3)51-40(60)32(45)22-30-16-18-31(56)19-17-30/h4-9,11-14,16-19,26-27,32-36,56H,10,15,20-25,45H2,1-3H3,(H2,46,58)(H,50,59)(H,51,60)(H,52,57)(H,53,62)(H,54,61)(H,55,63)(H4,47,48,49)/t27-,32-,33-,34-,35+,36-/m0/s1. The van der Waals surface area contributed by atoms with Gasteiger partial charge in [-0.1, -0.05) is 86.6 Å². The molecule has 0 aliphatic heterocycles. The zero-order chi connectivity index (χ0) is 46.5. The first-order chi connectivity index (χ1) is 29.9. The van der Waals surface area contributed by atoms with Crippen LogP contribution in [0, 0.1) is 5.92 Å². The van der Waals surface area contributed by atoms with Gasteiger partial charge in [-0.15, -0.1) is 0 Å². The van der Waals surface area contributed by atoms with Gasteiger partial charge in [0.25, 0.3) is 0 Å². The predicted molar refractivity (Wildman–Crippen MR) is 237 cm³/mol. The van der Waals surface area contributed by atoms with Crippen LogP contribution in [0.25, 0.3) is 0 Å². The molecule has 6 atom stereocenters. The van der Waals surface area contributed by atoms with Crippen molar-refractivity contribution in [1.82, 2.24) is 31.9 Å². The average molecular weight is 872 g/mol. The van der Waals surface area contributed by atoms with E-state index in [1.54, 1.807) is 72.8 Å². The van der Waals surface area contributed by atoms with E-state index in [1.165, 1.54) is 19.1 Å². The van der Waals surface area contributed by atoms with E-state index in [4.69, 9.17) is 22.9 Å². The number of nitrogens with one attached hydrogen (secondary N) is 6. The van der Waals surface area contributed by atoms with Gasteiger partial charge in [-0.3, -0.25) is 38.6 Å². The van der Waals surface area contributed by atoms with Crippen molar-refractivity contribution >= 4 is 47.3 Å². The van der Waals surface area contributed by atoms with E-state index in [1.807, 2.05) is 13.8 Å². The lowest BCUT2D eigenvalue weighted by molar-refractivity contribution is -0.134. The fourth-order valence-electron chi connectivity index (χ4n) is 6.35. The Hall–Kier alpha value is -7.02. The fourth-order valence-corrected chi connectivity index (χ4v) is 6.35. The van der Waals surface area contributed by atoms with Crippen LogP contribution in [0.2, 0.25) is 0 Å². The molecular weight excluding hydrogens is 811 g/mol. The van der Waals surface area contributed by atoms with E-state index in [9.17, 15) is 38.7 Å². The molecule has 19 heteroatoms. The third-order valence-corrected chi connectivity index (χ3v) is 9.70. The predicted octanol–water partition coefficient (Wildman–Crippen LogP) is -1.11. The molecule has 0 fully saturated rings. The van der Waals surface area contributed by atoms with Crippen molar-refractivity contribution in [3.63, 3.8) is 0 Å². The SMILES string of the molecule is CC(C)C[C@@H](NC(=O)[C@H](Cc1ccccc1)NC(=O)CNC(=O)[C@H](C)NC(=O)[C@@H](N)Cc1ccc(O)cc1)C(=O)N[C@@H](CCCN=C(N)N)C(=O)N[C@@H](Cc1ccccc1)C(N)=O. The van der Waals surface area contributed by atoms with Crippen molar-refractivity contribution in [2.45, 2.75) is 95.5 Å². The number of carbonyl (C=O) groups excluding carboxylic acids is 7. The van der Waals surface area contributed by atoms with Crippen LogP contribution in [0.4, 0.5) is 0 Å². The molecule has 0 heterocycles. The summed E-state index contributed by atoms with van der Waals surface area (Å²) in [6, 6.07) is 17.2. The van der Waals surface area contributed by atoms with Gasteiger partial charge in [-0.05, 0) is 67.3 Å². The number of nitrogens with two attached hydrogens (primary N) is 4. The summed E-state index contributed by atoms with van der Waals surface area (Å²) >= 11 is 0. The van der Waals surface area contributed by atoms with Crippen LogP contribution in [0.1, 0.15) is 56.7 Å². The fraction of sp³-hybridized carbons (Fsp3) is 0.409. The molecule has 340 valence electrons. The number of carbonyl (C=O) groups is 7. The number of hydrogen-bond acceptors (Lipinski definition) is 10. The summed E-state index contributed by atoms with van der Waals surface area (Å²) in [6.45, 7) is 4.68. The Morgan fingerprint density at radius 2 is 1.10 bits per heavy atom. The van der Waals surface area contributed by atoms with E-state index < -0.39 is 84.1 Å². The number of hydrogen-bond donors (Lipinski definition) is 11. The van der Waals surface area contributed by atoms with E-state index in [0.29, 0.717) is 11.1 Å². The average Bonchev–Trinajstić information content (AvgIpc) is 3.24. The Bertz CT molecular complexity index is 2010. The smallest absolute Gasteiger partial charge is 0.243 e. The molecule has 0 aromatic heterocycles. The van der Waals surface area contributed by atoms with Gasteiger partial charge in [-0.2, -0.15) is 0 Å². The summed E-state index contributed by atoms with van der Waals surface area (Å²) in [7, 11) is 0. The number of nitrogens with zero attached hydrogens (tertiary/aromatic N) is 1. The van der Waals surface area contributed by atoms with Gasteiger partial charge < -0.3 is 59.9 Å². The molecular formula is C44H61N11O8. The monoisotopic (exact) mass is 871 g/mol. The maximum atomic E-state index is 14.0. The summed E-state index contributed by atoms with van der Waals surface area (Å²) in [4.78, 5) is 96.9. The highest BCUT2D eigenvalue weighted by Crippen LogP contribution is 2.12. The zero-order valence-electron chi connectivity index (χ0n) is 35.8. The molecule has 0 aliphatic carbocycles. The molecule has 3 aromatic rings. The minimum atomic E-state index is -1.22. The Morgan fingerprint density at radius 3 is 1.65 bits per heavy atom. The molecule has 19 nitrogen and oxygen atoms in total. The van der Waals surface area contributed by atoms with Crippen molar-refractivity contribution in [2.24, 2.45) is 33.8 Å². The van der Waals surface area contributed by atoms with Crippen LogP contribution < -0.4 is 54.8 Å². The molecule has 0 spiro atoms. The number of primary amides is 1. The summed E-state index contributed by atoms with van der Waals surface area (Å²) in [5.41, 5.74) is 24.7. The quantitative estimate of drug-likeness (QED) is 0.0276. The molecule has 0 aliphatic rings. The third-order valence-electron chi connectivity index (χ3n) is 9.70. The molecule has 0 radical (unpaired) electrons. The first-order valence-corrected chi connectivity index (χ1v) is 20.7. The molecule has 0 bridgehead atoms. The van der Waals surface area contributed by atoms with Crippen LogP contribution in [0.5, 0.6) is 5.75 Å². The summed E-state index contributed by atoms with van der Waals surface area (Å²) in [5.74, 6) is -5.12. The maximum absolute atomic E-state index is 14.0. The Labute approximate surface area is 367 Å². The molecule has 3 aromatic carbocycles. The first kappa shape index (κ1) is 50.3. The number of rotatable bonds is 25. The summed E-state index contributed by atoms with van der Waals surface area (Å²) < 4.78 is 0. The first-order valence-electron chi connectivity index (χ1n) is 20.7. The molecule has 63 heavy (non-hydrogen) atoms. The zero-order valence-corrected chi connectivity index (χ0v) is 35.8. The van der Waals surface area contributed by atoms with Gasteiger partial charge in [0.05, 0.1) is 12.6 Å². The number of phenolic OH excluding ortho intramolecular Hbond substituents is 1. The topological polar surface area (TPSA) is 328 Å². The van der Waals surface area contributed by atoms with Crippen molar-refractivity contribution in [3.8, 4) is 5.75 Å². The number of benzene rings is 3. The second-order valence-electron chi connectivity index (χ2n) is 15.6. The van der Waals surface area contributed by atoms with Crippen molar-refractivity contribution in [3.05, 3.63) is 102 Å². The largest absolute Gasteiger partial charge is 0.508 e. The summed E-state index contributed by atoms with van der Waals surface area (Å²) in [5, 5.41) is 25.2. The molecule has 7 amide bonds. The lowest BCUT2D eigenvalue weighted by Crippen LogP contribution is -2.59. The van der Waals surface area contributed by atoms with Gasteiger partial charge in [0.2, 0.25) is 41.4 Å². The van der Waals surface area contributed by atoms with Crippen LogP contribution in [-0.2, 0) is 52.8 Å². The molecule has 0 unspecified atom stereocenters. The molecule has 3 rings (SSSR count). The highest BCUT2D eigenvalue weighted by Gasteiger charge is 2.32. The number of phenols is 1. The third kappa shape index (κ3) is 18.6. The lowest BCUT2D eigenvalue weighted by atomic mass is 10.00. The van der Waals surface area contributed by atoms with Gasteiger partial charge in [-0.25, -0.2) is 0 Å². The van der Waals surface area contributed by atoms with Gasteiger partial charge in [0.15, 0.2) is 5.96 Å². The van der Waals surface area contributed by atoms with Crippen LogP contribution in [-0.4, -0.2) is 102 Å². The Morgan fingerprint density at radius 1 is 0.587 bits per heavy atom. The lowest BCUT2D eigenvalue weighted by Gasteiger charge is -2.27. The number of amides is 7. The van der Waals surface area contributed by atoms with Gasteiger partial charge >= 0.3 is 0 Å². The maximum Gasteiger partial charge on any atom is 0.243 e. The number of guanidine groups is 1. The van der Waals surface area contributed by atoms with Crippen LogP contribution in [0.3, 0.4) is 0 Å². The number of aliphatic imine (C=N–C) groups is 1. The van der Waals surface area contributed by atoms with Crippen LogP contribution in [0.15, 0.2) is 89.9 Å². The minimum Gasteiger partial charge on any atom is -0.508 e.